The molecule has 0 saturated heterocycles. The Hall–Kier alpha value is -2.62. The maximum Gasteiger partial charge on any atom is 0.346 e. The number of carbonyl (C=O) groups excluding carboxylic acids is 2. The molecule has 0 saturated carbocycles. The van der Waals surface area contributed by atoms with Crippen LogP contribution in [-0.2, 0) is 11.3 Å². The summed E-state index contributed by atoms with van der Waals surface area (Å²) in [5.74, 6) is -1.12. The van der Waals surface area contributed by atoms with Crippen molar-refractivity contribution in [3.63, 3.8) is 0 Å². The fourth-order valence-corrected chi connectivity index (χ4v) is 2.46. The number of fused-ring (bicyclic) bond motifs is 1. The fraction of sp³-hybridized carbons (Fsp3) is 0.176. The molecule has 0 radical (unpaired) electrons. The van der Waals surface area contributed by atoms with Gasteiger partial charge >= 0.3 is 11.9 Å². The summed E-state index contributed by atoms with van der Waals surface area (Å²) in [6, 6.07) is 15.4. The third-order valence-corrected chi connectivity index (χ3v) is 3.59. The number of ether oxygens (including phenoxy) is 1. The van der Waals surface area contributed by atoms with Gasteiger partial charge in [-0.2, -0.15) is 0 Å². The van der Waals surface area contributed by atoms with Crippen molar-refractivity contribution in [2.75, 3.05) is 11.4 Å². The molecule has 1 aliphatic heterocycles. The number of hydrogen-bond donors (Lipinski definition) is 0. The Labute approximate surface area is 123 Å². The summed E-state index contributed by atoms with van der Waals surface area (Å²) >= 11 is 0. The highest BCUT2D eigenvalue weighted by atomic mass is 16.6. The lowest BCUT2D eigenvalue weighted by Crippen LogP contribution is -2.22. The predicted molar refractivity (Wildman–Crippen MR) is 79.4 cm³/mol. The molecule has 0 amide bonds. The molecule has 0 N–H and O–H groups in total. The first kappa shape index (κ1) is 13.4. The minimum absolute atomic E-state index is 0.347. The Morgan fingerprint density at radius 1 is 0.952 bits per heavy atom. The Morgan fingerprint density at radius 2 is 1.67 bits per heavy atom. The lowest BCUT2D eigenvalue weighted by molar-refractivity contribution is 0.0444. The molecule has 1 heterocycles. The SMILES string of the molecule is CCN(Cc1ccccc1)c1ccc2c(c1)C(=O)OC2=O. The molecule has 1 aliphatic rings. The van der Waals surface area contributed by atoms with Gasteiger partial charge in [-0.3, -0.25) is 0 Å². The van der Waals surface area contributed by atoms with Crippen LogP contribution in [0.4, 0.5) is 5.69 Å². The zero-order chi connectivity index (χ0) is 14.8. The Kier molecular flexibility index (Phi) is 3.44. The van der Waals surface area contributed by atoms with Crippen molar-refractivity contribution in [3.8, 4) is 0 Å². The summed E-state index contributed by atoms with van der Waals surface area (Å²) in [7, 11) is 0. The average Bonchev–Trinajstić information content (AvgIpc) is 2.80. The second-order valence-electron chi connectivity index (χ2n) is 4.91. The van der Waals surface area contributed by atoms with Crippen molar-refractivity contribution in [2.24, 2.45) is 0 Å². The molecule has 0 spiro atoms. The van der Waals surface area contributed by atoms with Crippen LogP contribution in [0.1, 0.15) is 33.2 Å². The first-order valence-electron chi connectivity index (χ1n) is 6.88. The van der Waals surface area contributed by atoms with Gasteiger partial charge in [0.15, 0.2) is 0 Å². The number of cyclic esters (lactones) is 2. The van der Waals surface area contributed by atoms with Crippen LogP contribution in [0.3, 0.4) is 0 Å². The number of benzene rings is 2. The van der Waals surface area contributed by atoms with Gasteiger partial charge in [-0.1, -0.05) is 30.3 Å². The van der Waals surface area contributed by atoms with Crippen molar-refractivity contribution < 1.29 is 14.3 Å². The van der Waals surface area contributed by atoms with Crippen LogP contribution in [0.15, 0.2) is 48.5 Å². The molecular formula is C17H15NO3. The molecule has 21 heavy (non-hydrogen) atoms. The highest BCUT2D eigenvalue weighted by molar-refractivity contribution is 6.15. The molecule has 0 unspecified atom stereocenters. The van der Waals surface area contributed by atoms with E-state index in [1.54, 1.807) is 12.1 Å². The Balaban J connectivity index is 1.90. The Morgan fingerprint density at radius 3 is 2.38 bits per heavy atom. The molecule has 4 heteroatoms. The molecule has 2 aromatic carbocycles. The fourth-order valence-electron chi connectivity index (χ4n) is 2.46. The van der Waals surface area contributed by atoms with E-state index in [1.165, 1.54) is 5.56 Å². The van der Waals surface area contributed by atoms with Crippen molar-refractivity contribution in [2.45, 2.75) is 13.5 Å². The number of carbonyl (C=O) groups is 2. The molecule has 0 aromatic heterocycles. The van der Waals surface area contributed by atoms with Crippen LogP contribution in [0, 0.1) is 0 Å². The van der Waals surface area contributed by atoms with Crippen LogP contribution in [0.25, 0.3) is 0 Å². The van der Waals surface area contributed by atoms with Gasteiger partial charge in [0.05, 0.1) is 11.1 Å². The van der Waals surface area contributed by atoms with Crippen LogP contribution >= 0.6 is 0 Å². The van der Waals surface area contributed by atoms with E-state index >= 15 is 0 Å². The molecule has 3 rings (SSSR count). The minimum atomic E-state index is -0.562. The molecule has 106 valence electrons. The summed E-state index contributed by atoms with van der Waals surface area (Å²) in [5.41, 5.74) is 2.80. The number of hydrogen-bond acceptors (Lipinski definition) is 4. The zero-order valence-electron chi connectivity index (χ0n) is 11.7. The van der Waals surface area contributed by atoms with Crippen LogP contribution in [0.5, 0.6) is 0 Å². The standard InChI is InChI=1S/C17H15NO3/c1-2-18(11-12-6-4-3-5-7-12)13-8-9-14-15(10-13)17(20)21-16(14)19/h3-10H,2,11H2,1H3. The monoisotopic (exact) mass is 281 g/mol. The molecule has 2 aromatic rings. The molecule has 0 fully saturated rings. The first-order chi connectivity index (χ1) is 10.2. The molecule has 0 atom stereocenters. The summed E-state index contributed by atoms with van der Waals surface area (Å²) in [6.45, 7) is 3.61. The predicted octanol–water partition coefficient (Wildman–Crippen LogP) is 3.02. The quantitative estimate of drug-likeness (QED) is 0.638. The van der Waals surface area contributed by atoms with Gasteiger partial charge in [0, 0.05) is 18.8 Å². The molecule has 0 aliphatic carbocycles. The molecule has 4 nitrogen and oxygen atoms in total. The normalized spacial score (nSPS) is 13.0. The molecule has 0 bridgehead atoms. The Bertz CT molecular complexity index is 694. The lowest BCUT2D eigenvalue weighted by Gasteiger charge is -2.23. The van der Waals surface area contributed by atoms with Crippen molar-refractivity contribution >= 4 is 17.6 Å². The van der Waals surface area contributed by atoms with E-state index in [9.17, 15) is 9.59 Å². The van der Waals surface area contributed by atoms with Gasteiger partial charge in [0.2, 0.25) is 0 Å². The van der Waals surface area contributed by atoms with Crippen molar-refractivity contribution in [1.29, 1.82) is 0 Å². The minimum Gasteiger partial charge on any atom is -0.386 e. The second kappa shape index (κ2) is 5.40. The van der Waals surface area contributed by atoms with Crippen molar-refractivity contribution in [1.82, 2.24) is 0 Å². The van der Waals surface area contributed by atoms with E-state index in [0.717, 1.165) is 18.8 Å². The van der Waals surface area contributed by atoms with E-state index in [0.29, 0.717) is 11.1 Å². The smallest absolute Gasteiger partial charge is 0.346 e. The summed E-state index contributed by atoms with van der Waals surface area (Å²) in [6.07, 6.45) is 0. The number of rotatable bonds is 4. The van der Waals surface area contributed by atoms with Gasteiger partial charge < -0.3 is 9.64 Å². The second-order valence-corrected chi connectivity index (χ2v) is 4.91. The third kappa shape index (κ3) is 2.52. The third-order valence-electron chi connectivity index (χ3n) is 3.59. The number of anilines is 1. The van der Waals surface area contributed by atoms with Crippen LogP contribution in [0.2, 0.25) is 0 Å². The highest BCUT2D eigenvalue weighted by Crippen LogP contribution is 2.26. The molecular weight excluding hydrogens is 266 g/mol. The summed E-state index contributed by atoms with van der Waals surface area (Å²) in [4.78, 5) is 25.2. The average molecular weight is 281 g/mol. The van der Waals surface area contributed by atoms with Crippen LogP contribution in [-0.4, -0.2) is 18.5 Å². The number of esters is 2. The van der Waals surface area contributed by atoms with E-state index in [1.807, 2.05) is 24.3 Å². The maximum absolute atomic E-state index is 11.6. The van der Waals surface area contributed by atoms with Crippen LogP contribution < -0.4 is 4.90 Å². The van der Waals surface area contributed by atoms with Gasteiger partial charge in [-0.15, -0.1) is 0 Å². The van der Waals surface area contributed by atoms with Crippen molar-refractivity contribution in [3.05, 3.63) is 65.2 Å². The summed E-state index contributed by atoms with van der Waals surface area (Å²) in [5, 5.41) is 0. The van der Waals surface area contributed by atoms with E-state index in [2.05, 4.69) is 28.7 Å². The van der Waals surface area contributed by atoms with E-state index in [-0.39, 0.29) is 0 Å². The largest absolute Gasteiger partial charge is 0.386 e. The highest BCUT2D eigenvalue weighted by Gasteiger charge is 2.30. The first-order valence-corrected chi connectivity index (χ1v) is 6.88. The van der Waals surface area contributed by atoms with Gasteiger partial charge in [0.1, 0.15) is 0 Å². The van der Waals surface area contributed by atoms with E-state index < -0.39 is 11.9 Å². The van der Waals surface area contributed by atoms with Gasteiger partial charge in [0.25, 0.3) is 0 Å². The topological polar surface area (TPSA) is 46.6 Å². The van der Waals surface area contributed by atoms with E-state index in [4.69, 9.17) is 0 Å². The zero-order valence-corrected chi connectivity index (χ0v) is 11.7. The van der Waals surface area contributed by atoms with Gasteiger partial charge in [-0.05, 0) is 30.7 Å². The summed E-state index contributed by atoms with van der Waals surface area (Å²) < 4.78 is 4.62. The lowest BCUT2D eigenvalue weighted by atomic mass is 10.1. The maximum atomic E-state index is 11.6. The van der Waals surface area contributed by atoms with Gasteiger partial charge in [-0.25, -0.2) is 9.59 Å². The number of nitrogens with zero attached hydrogens (tertiary/aromatic N) is 1.